The number of urea groups is 1. The standard InChI is InChI=1S/C32H38ClFN4O2/c1-3-21(2)30(39)37-13-10-22(11-14-37)20-38(31(40)36-26-7-8-29(34)28(33)17-26)27-9-12-32(18-25(32)16-27)24-6-4-5-23(15-24)19-35/h4-8,15,17,21-22,25,27H,3,9-14,16,18,20H2,1-2H3,(H,36,40)/t21?,25?,27?,32-/m1/s1. The fraction of sp³-hybridized carbons (Fsp3) is 0.531. The highest BCUT2D eigenvalue weighted by molar-refractivity contribution is 6.31. The summed E-state index contributed by atoms with van der Waals surface area (Å²) >= 11 is 5.98. The quantitative estimate of drug-likeness (QED) is 0.394. The predicted molar refractivity (Wildman–Crippen MR) is 154 cm³/mol. The van der Waals surface area contributed by atoms with E-state index in [1.165, 1.54) is 23.8 Å². The fourth-order valence-electron chi connectivity index (χ4n) is 6.81. The maximum atomic E-state index is 13.7. The lowest BCUT2D eigenvalue weighted by molar-refractivity contribution is -0.136. The first-order valence-electron chi connectivity index (χ1n) is 14.6. The van der Waals surface area contributed by atoms with E-state index in [-0.39, 0.29) is 34.3 Å². The first-order chi connectivity index (χ1) is 19.2. The maximum Gasteiger partial charge on any atom is 0.322 e. The number of nitrogens with zero attached hydrogens (tertiary/aromatic N) is 3. The minimum absolute atomic E-state index is 0.0253. The lowest BCUT2D eigenvalue weighted by Crippen LogP contribution is -2.49. The third-order valence-electron chi connectivity index (χ3n) is 9.57. The van der Waals surface area contributed by atoms with Crippen LogP contribution in [0.5, 0.6) is 0 Å². The Kier molecular flexibility index (Phi) is 8.37. The summed E-state index contributed by atoms with van der Waals surface area (Å²) in [5.74, 6) is 0.526. The first-order valence-corrected chi connectivity index (χ1v) is 14.9. The van der Waals surface area contributed by atoms with Crippen LogP contribution in [0.3, 0.4) is 0 Å². The Labute approximate surface area is 241 Å². The van der Waals surface area contributed by atoms with Crippen LogP contribution >= 0.6 is 11.6 Å². The van der Waals surface area contributed by atoms with Gasteiger partial charge in [-0.25, -0.2) is 9.18 Å². The smallest absolute Gasteiger partial charge is 0.322 e. The van der Waals surface area contributed by atoms with Gasteiger partial charge in [0.25, 0.3) is 0 Å². The molecular formula is C32H38ClFN4O2. The van der Waals surface area contributed by atoms with E-state index in [0.717, 1.165) is 58.0 Å². The van der Waals surface area contributed by atoms with Gasteiger partial charge in [0.2, 0.25) is 5.91 Å². The second-order valence-electron chi connectivity index (χ2n) is 12.0. The molecule has 0 spiro atoms. The number of amides is 3. The first kappa shape index (κ1) is 28.4. The number of piperidine rings is 1. The molecule has 2 saturated carbocycles. The molecule has 4 atom stereocenters. The van der Waals surface area contributed by atoms with E-state index >= 15 is 0 Å². The average molecular weight is 565 g/mol. The van der Waals surface area contributed by atoms with Gasteiger partial charge < -0.3 is 15.1 Å². The minimum atomic E-state index is -0.520. The molecule has 0 radical (unpaired) electrons. The number of fused-ring (bicyclic) bond motifs is 1. The molecule has 0 bridgehead atoms. The van der Waals surface area contributed by atoms with Crippen LogP contribution in [0.2, 0.25) is 5.02 Å². The zero-order valence-electron chi connectivity index (χ0n) is 23.3. The Balaban J connectivity index is 1.29. The second kappa shape index (κ2) is 11.8. The largest absolute Gasteiger partial charge is 0.342 e. The molecule has 3 amide bonds. The number of carbonyl (C=O) groups excluding carboxylic acids is 2. The third-order valence-corrected chi connectivity index (χ3v) is 9.86. The SMILES string of the molecule is CCC(C)C(=O)N1CCC(CN(C(=O)Nc2ccc(F)c(Cl)c2)C2CC[C@]3(c4cccc(C#N)c4)CC3C2)CC1. The van der Waals surface area contributed by atoms with Gasteiger partial charge in [-0.05, 0) is 98.1 Å². The van der Waals surface area contributed by atoms with E-state index in [0.29, 0.717) is 29.6 Å². The second-order valence-corrected chi connectivity index (χ2v) is 12.4. The molecule has 1 N–H and O–H groups in total. The van der Waals surface area contributed by atoms with Crippen molar-refractivity contribution in [2.75, 3.05) is 25.0 Å². The minimum Gasteiger partial charge on any atom is -0.342 e. The summed E-state index contributed by atoms with van der Waals surface area (Å²) in [6, 6.07) is 14.4. The Morgan fingerprint density at radius 3 is 2.67 bits per heavy atom. The van der Waals surface area contributed by atoms with Crippen LogP contribution in [0.4, 0.5) is 14.9 Å². The number of benzene rings is 2. The number of hydrogen-bond donors (Lipinski definition) is 1. The van der Waals surface area contributed by atoms with Crippen molar-refractivity contribution in [3.63, 3.8) is 0 Å². The van der Waals surface area contributed by atoms with Gasteiger partial charge in [0, 0.05) is 37.3 Å². The van der Waals surface area contributed by atoms with Crippen molar-refractivity contribution in [1.82, 2.24) is 9.80 Å². The molecule has 1 saturated heterocycles. The molecule has 8 heteroatoms. The average Bonchev–Trinajstić information content (AvgIpc) is 3.72. The molecule has 2 aromatic carbocycles. The van der Waals surface area contributed by atoms with Crippen molar-refractivity contribution in [3.8, 4) is 6.07 Å². The van der Waals surface area contributed by atoms with Crippen LogP contribution in [0.25, 0.3) is 0 Å². The Morgan fingerprint density at radius 1 is 1.23 bits per heavy atom. The number of anilines is 1. The van der Waals surface area contributed by atoms with E-state index in [2.05, 4.69) is 17.5 Å². The Bertz CT molecular complexity index is 1300. The van der Waals surface area contributed by atoms with Crippen LogP contribution in [0.15, 0.2) is 42.5 Å². The van der Waals surface area contributed by atoms with Crippen molar-refractivity contribution < 1.29 is 14.0 Å². The zero-order chi connectivity index (χ0) is 28.4. The van der Waals surface area contributed by atoms with E-state index in [9.17, 15) is 19.2 Å². The molecule has 1 aliphatic heterocycles. The monoisotopic (exact) mass is 564 g/mol. The van der Waals surface area contributed by atoms with Crippen LogP contribution in [-0.2, 0) is 10.2 Å². The van der Waals surface area contributed by atoms with Crippen molar-refractivity contribution in [1.29, 1.82) is 5.26 Å². The fourth-order valence-corrected chi connectivity index (χ4v) is 6.99. The zero-order valence-corrected chi connectivity index (χ0v) is 24.1. The van der Waals surface area contributed by atoms with Crippen LogP contribution in [-0.4, -0.2) is 47.4 Å². The Morgan fingerprint density at radius 2 is 2.00 bits per heavy atom. The van der Waals surface area contributed by atoms with E-state index < -0.39 is 5.82 Å². The lowest BCUT2D eigenvalue weighted by atomic mass is 9.79. The number of likely N-dealkylation sites (tertiary alicyclic amines) is 1. The van der Waals surface area contributed by atoms with Gasteiger partial charge in [-0.1, -0.05) is 37.6 Å². The van der Waals surface area contributed by atoms with E-state index in [1.807, 2.05) is 41.8 Å². The number of carbonyl (C=O) groups is 2. The molecule has 212 valence electrons. The van der Waals surface area contributed by atoms with Gasteiger partial charge >= 0.3 is 6.03 Å². The van der Waals surface area contributed by atoms with Crippen molar-refractivity contribution >= 4 is 29.2 Å². The maximum absolute atomic E-state index is 13.7. The molecule has 1 heterocycles. The van der Waals surface area contributed by atoms with Crippen LogP contribution < -0.4 is 5.32 Å². The summed E-state index contributed by atoms with van der Waals surface area (Å²) in [6.07, 6.45) is 6.44. The van der Waals surface area contributed by atoms with Gasteiger partial charge in [0.15, 0.2) is 0 Å². The van der Waals surface area contributed by atoms with Gasteiger partial charge in [0.05, 0.1) is 16.7 Å². The summed E-state index contributed by atoms with van der Waals surface area (Å²) in [6.45, 7) is 6.10. The Hall–Kier alpha value is -3.11. The molecule has 2 aliphatic carbocycles. The number of hydrogen-bond acceptors (Lipinski definition) is 3. The molecule has 3 fully saturated rings. The highest BCUT2D eigenvalue weighted by Gasteiger charge is 2.58. The van der Waals surface area contributed by atoms with Crippen LogP contribution in [0.1, 0.15) is 69.9 Å². The molecule has 0 aromatic heterocycles. The summed E-state index contributed by atoms with van der Waals surface area (Å²) in [5.41, 5.74) is 2.51. The summed E-state index contributed by atoms with van der Waals surface area (Å²) < 4.78 is 13.7. The summed E-state index contributed by atoms with van der Waals surface area (Å²) in [4.78, 5) is 30.4. The topological polar surface area (TPSA) is 76.4 Å². The third kappa shape index (κ3) is 5.83. The molecule has 3 unspecified atom stereocenters. The van der Waals surface area contributed by atoms with Crippen molar-refractivity contribution in [2.24, 2.45) is 17.8 Å². The molecule has 40 heavy (non-hydrogen) atoms. The lowest BCUT2D eigenvalue weighted by Gasteiger charge is -2.41. The van der Waals surface area contributed by atoms with Gasteiger partial charge in [-0.15, -0.1) is 0 Å². The van der Waals surface area contributed by atoms with Gasteiger partial charge in [0.1, 0.15) is 5.82 Å². The molecule has 3 aliphatic rings. The number of nitrogens with one attached hydrogen (secondary N) is 1. The molecular weight excluding hydrogens is 527 g/mol. The normalized spacial score (nSPS) is 24.9. The number of nitriles is 1. The molecule has 6 nitrogen and oxygen atoms in total. The number of halogens is 2. The predicted octanol–water partition coefficient (Wildman–Crippen LogP) is 6.98. The molecule has 2 aromatic rings. The highest BCUT2D eigenvalue weighted by atomic mass is 35.5. The van der Waals surface area contributed by atoms with Gasteiger partial charge in [-0.2, -0.15) is 5.26 Å². The molecule has 5 rings (SSSR count). The summed E-state index contributed by atoms with van der Waals surface area (Å²) in [5, 5.41) is 12.3. The van der Waals surface area contributed by atoms with Gasteiger partial charge in [-0.3, -0.25) is 4.79 Å². The van der Waals surface area contributed by atoms with Crippen molar-refractivity contribution in [2.45, 2.75) is 70.3 Å². The number of rotatable bonds is 7. The van der Waals surface area contributed by atoms with E-state index in [4.69, 9.17) is 11.6 Å². The summed E-state index contributed by atoms with van der Waals surface area (Å²) in [7, 11) is 0. The van der Waals surface area contributed by atoms with Crippen molar-refractivity contribution in [3.05, 3.63) is 64.4 Å². The highest BCUT2D eigenvalue weighted by Crippen LogP contribution is 2.63. The van der Waals surface area contributed by atoms with Crippen LogP contribution in [0, 0.1) is 34.9 Å². The van der Waals surface area contributed by atoms with E-state index in [1.54, 1.807) is 0 Å².